The van der Waals surface area contributed by atoms with Crippen LogP contribution in [-0.4, -0.2) is 32.8 Å². The van der Waals surface area contributed by atoms with E-state index in [0.717, 1.165) is 5.56 Å². The van der Waals surface area contributed by atoms with Crippen LogP contribution in [0.1, 0.15) is 39.2 Å². The third-order valence-corrected chi connectivity index (χ3v) is 5.02. The topological polar surface area (TPSA) is 81.7 Å². The second kappa shape index (κ2) is 7.11. The number of nitrogens with one attached hydrogen (secondary N) is 1. The summed E-state index contributed by atoms with van der Waals surface area (Å²) in [7, 11) is -3.72. The number of alkyl carbamates (subject to hydrolysis) is 1. The average molecular weight is 355 g/mol. The van der Waals surface area contributed by atoms with E-state index >= 15 is 0 Å². The van der Waals surface area contributed by atoms with Gasteiger partial charge >= 0.3 is 6.09 Å². The highest BCUT2D eigenvalue weighted by atomic mass is 32.2. The summed E-state index contributed by atoms with van der Waals surface area (Å²) in [5.41, 5.74) is 0.461. The van der Waals surface area contributed by atoms with Crippen molar-refractivity contribution < 1.29 is 22.1 Å². The lowest BCUT2D eigenvalue weighted by Gasteiger charge is -2.35. The molecule has 6 nitrogen and oxygen atoms in total. The molecule has 1 aliphatic carbocycles. The lowest BCUT2D eigenvalue weighted by molar-refractivity contribution is 0.0429. The van der Waals surface area contributed by atoms with Gasteiger partial charge in [-0.25, -0.2) is 4.79 Å². The van der Waals surface area contributed by atoms with E-state index in [4.69, 9.17) is 8.92 Å². The molecule has 1 aromatic rings. The fraction of sp³-hybridized carbons (Fsp3) is 0.588. The summed E-state index contributed by atoms with van der Waals surface area (Å²) in [5.74, 6) is 0.116. The molecule has 2 rings (SSSR count). The van der Waals surface area contributed by atoms with Gasteiger partial charge in [-0.15, -0.1) is 0 Å². The Morgan fingerprint density at radius 1 is 1.21 bits per heavy atom. The van der Waals surface area contributed by atoms with Crippen molar-refractivity contribution in [1.29, 1.82) is 0 Å². The fourth-order valence-corrected chi connectivity index (χ4v) is 3.40. The Morgan fingerprint density at radius 3 is 2.33 bits per heavy atom. The predicted octanol–water partition coefficient (Wildman–Crippen LogP) is 3.00. The van der Waals surface area contributed by atoms with Gasteiger partial charge in [0.1, 0.15) is 5.60 Å². The Bertz CT molecular complexity index is 670. The molecular formula is C17H25NO5S. The third-order valence-electron chi connectivity index (χ3n) is 3.73. The zero-order valence-electron chi connectivity index (χ0n) is 14.5. The monoisotopic (exact) mass is 355 g/mol. The van der Waals surface area contributed by atoms with E-state index in [1.807, 2.05) is 6.92 Å². The van der Waals surface area contributed by atoms with Crippen molar-refractivity contribution in [1.82, 2.24) is 5.32 Å². The highest BCUT2D eigenvalue weighted by Crippen LogP contribution is 2.29. The van der Waals surface area contributed by atoms with Gasteiger partial charge in [-0.05, 0) is 58.6 Å². The molecule has 1 fully saturated rings. The van der Waals surface area contributed by atoms with Gasteiger partial charge < -0.3 is 10.1 Å². The number of carbonyl (C=O) groups is 1. The van der Waals surface area contributed by atoms with Crippen LogP contribution >= 0.6 is 0 Å². The van der Waals surface area contributed by atoms with Gasteiger partial charge in [0.25, 0.3) is 10.1 Å². The molecule has 0 unspecified atom stereocenters. The first-order valence-electron chi connectivity index (χ1n) is 8.01. The average Bonchev–Trinajstić information content (AvgIpc) is 2.39. The molecule has 0 radical (unpaired) electrons. The van der Waals surface area contributed by atoms with Crippen LogP contribution in [0.3, 0.4) is 0 Å². The first-order chi connectivity index (χ1) is 11.0. The molecule has 0 aliphatic heterocycles. The van der Waals surface area contributed by atoms with Gasteiger partial charge in [0.15, 0.2) is 0 Å². The number of carbonyl (C=O) groups excluding carboxylic acids is 1. The van der Waals surface area contributed by atoms with Crippen LogP contribution in [0.25, 0.3) is 0 Å². The maximum Gasteiger partial charge on any atom is 0.407 e. The van der Waals surface area contributed by atoms with E-state index in [9.17, 15) is 13.2 Å². The van der Waals surface area contributed by atoms with Gasteiger partial charge in [-0.3, -0.25) is 4.18 Å². The summed E-state index contributed by atoms with van der Waals surface area (Å²) in [5, 5.41) is 2.77. The van der Waals surface area contributed by atoms with Crippen molar-refractivity contribution in [3.63, 3.8) is 0 Å². The van der Waals surface area contributed by atoms with Gasteiger partial charge in [-0.2, -0.15) is 8.42 Å². The van der Waals surface area contributed by atoms with Gasteiger partial charge in [0, 0.05) is 6.04 Å². The minimum absolute atomic E-state index is 0.00975. The summed E-state index contributed by atoms with van der Waals surface area (Å²) in [4.78, 5) is 11.8. The van der Waals surface area contributed by atoms with Crippen molar-refractivity contribution >= 4 is 16.2 Å². The molecule has 7 heteroatoms. The fourth-order valence-electron chi connectivity index (χ4n) is 2.42. The number of hydrogen-bond acceptors (Lipinski definition) is 5. The minimum Gasteiger partial charge on any atom is -0.444 e. The Hall–Kier alpha value is -1.60. The summed E-state index contributed by atoms with van der Waals surface area (Å²) in [6.45, 7) is 7.44. The van der Waals surface area contributed by atoms with E-state index in [-0.39, 0.29) is 23.5 Å². The van der Waals surface area contributed by atoms with Crippen molar-refractivity contribution in [3.8, 4) is 0 Å². The molecule has 0 spiro atoms. The quantitative estimate of drug-likeness (QED) is 0.821. The smallest absolute Gasteiger partial charge is 0.407 e. The van der Waals surface area contributed by atoms with Gasteiger partial charge in [0.2, 0.25) is 0 Å². The van der Waals surface area contributed by atoms with E-state index in [2.05, 4.69) is 5.32 Å². The molecule has 1 N–H and O–H groups in total. The minimum atomic E-state index is -3.72. The van der Waals surface area contributed by atoms with Gasteiger partial charge in [0.05, 0.1) is 11.5 Å². The molecule has 1 aliphatic rings. The molecular weight excluding hydrogens is 330 g/mol. The Labute approximate surface area is 143 Å². The van der Waals surface area contributed by atoms with E-state index in [0.29, 0.717) is 12.8 Å². The Balaban J connectivity index is 1.74. The lowest BCUT2D eigenvalue weighted by atomic mass is 9.81. The van der Waals surface area contributed by atoms with Gasteiger partial charge in [-0.1, -0.05) is 17.7 Å². The molecule has 0 atom stereocenters. The molecule has 0 heterocycles. The molecule has 0 aromatic heterocycles. The van der Waals surface area contributed by atoms with Crippen LogP contribution in [0.15, 0.2) is 29.2 Å². The molecule has 1 saturated carbocycles. The standard InChI is InChI=1S/C17H25NO5S/c1-12-5-7-15(8-6-12)24(20,21)22-11-13-9-14(10-13)18-16(19)23-17(2,3)4/h5-8,13-14H,9-11H2,1-4H3,(H,18,19). The van der Waals surface area contributed by atoms with Crippen molar-refractivity contribution in [3.05, 3.63) is 29.8 Å². The third kappa shape index (κ3) is 5.49. The number of aryl methyl sites for hydroxylation is 1. The van der Waals surface area contributed by atoms with Crippen LogP contribution in [0.5, 0.6) is 0 Å². The molecule has 1 amide bonds. The number of rotatable bonds is 5. The van der Waals surface area contributed by atoms with Crippen LogP contribution in [-0.2, 0) is 19.0 Å². The highest BCUT2D eigenvalue weighted by Gasteiger charge is 2.33. The van der Waals surface area contributed by atoms with E-state index in [1.54, 1.807) is 32.9 Å². The highest BCUT2D eigenvalue weighted by molar-refractivity contribution is 7.86. The summed E-state index contributed by atoms with van der Waals surface area (Å²) in [6, 6.07) is 6.56. The first kappa shape index (κ1) is 18.7. The van der Waals surface area contributed by atoms with Crippen LogP contribution in [0.2, 0.25) is 0 Å². The SMILES string of the molecule is Cc1ccc(S(=O)(=O)OCC2CC(NC(=O)OC(C)(C)C)C2)cc1. The molecule has 24 heavy (non-hydrogen) atoms. The molecule has 134 valence electrons. The number of benzene rings is 1. The Kier molecular flexibility index (Phi) is 5.55. The van der Waals surface area contributed by atoms with Crippen molar-refractivity contribution in [2.45, 2.75) is 57.1 Å². The number of amides is 1. The van der Waals surface area contributed by atoms with Crippen molar-refractivity contribution in [2.24, 2.45) is 5.92 Å². The van der Waals surface area contributed by atoms with Crippen molar-refractivity contribution in [2.75, 3.05) is 6.61 Å². The Morgan fingerprint density at radius 2 is 1.79 bits per heavy atom. The maximum absolute atomic E-state index is 12.1. The number of hydrogen-bond donors (Lipinski definition) is 1. The zero-order chi connectivity index (χ0) is 18.0. The normalized spacial score (nSPS) is 21.0. The molecule has 1 aromatic carbocycles. The lowest BCUT2D eigenvalue weighted by Crippen LogP contribution is -2.47. The summed E-state index contributed by atoms with van der Waals surface area (Å²) < 4.78 is 34.5. The predicted molar refractivity (Wildman–Crippen MR) is 90.2 cm³/mol. The van der Waals surface area contributed by atoms with Crippen LogP contribution in [0, 0.1) is 12.8 Å². The summed E-state index contributed by atoms with van der Waals surface area (Å²) >= 11 is 0. The second-order valence-electron chi connectivity index (χ2n) is 7.23. The molecule has 0 bridgehead atoms. The number of ether oxygens (including phenoxy) is 1. The first-order valence-corrected chi connectivity index (χ1v) is 9.41. The van der Waals surface area contributed by atoms with E-state index in [1.165, 1.54) is 12.1 Å². The molecule has 0 saturated heterocycles. The zero-order valence-corrected chi connectivity index (χ0v) is 15.4. The maximum atomic E-state index is 12.1. The van der Waals surface area contributed by atoms with E-state index < -0.39 is 21.8 Å². The largest absolute Gasteiger partial charge is 0.444 e. The second-order valence-corrected chi connectivity index (χ2v) is 8.85. The van der Waals surface area contributed by atoms with Crippen LogP contribution < -0.4 is 5.32 Å². The summed E-state index contributed by atoms with van der Waals surface area (Å²) in [6.07, 6.45) is 0.921. The van der Waals surface area contributed by atoms with Crippen LogP contribution in [0.4, 0.5) is 4.79 Å².